The van der Waals surface area contributed by atoms with Crippen LogP contribution in [0.15, 0.2) is 73.2 Å². The molecule has 152 valence electrons. The second-order valence-corrected chi connectivity index (χ2v) is 6.68. The molecule has 7 heteroatoms. The van der Waals surface area contributed by atoms with Gasteiger partial charge >= 0.3 is 0 Å². The van der Waals surface area contributed by atoms with E-state index in [0.717, 1.165) is 22.4 Å². The maximum atomic E-state index is 12.5. The first kappa shape index (κ1) is 19.6. The van der Waals surface area contributed by atoms with Gasteiger partial charge < -0.3 is 14.8 Å². The van der Waals surface area contributed by atoms with Crippen molar-refractivity contribution < 1.29 is 14.3 Å². The van der Waals surface area contributed by atoms with E-state index in [1.54, 1.807) is 37.8 Å². The molecule has 2 heterocycles. The number of aromatic nitrogens is 3. The van der Waals surface area contributed by atoms with Crippen molar-refractivity contribution in [2.45, 2.75) is 6.54 Å². The smallest absolute Gasteiger partial charge is 0.251 e. The molecule has 0 aliphatic rings. The van der Waals surface area contributed by atoms with Crippen LogP contribution in [0.2, 0.25) is 0 Å². The summed E-state index contributed by atoms with van der Waals surface area (Å²) in [5.41, 5.74) is 3.37. The minimum Gasteiger partial charge on any atom is -0.491 e. The van der Waals surface area contributed by atoms with Crippen molar-refractivity contribution in [3.8, 4) is 11.6 Å². The molecule has 0 radical (unpaired) electrons. The summed E-state index contributed by atoms with van der Waals surface area (Å²) in [5, 5.41) is 2.92. The van der Waals surface area contributed by atoms with Gasteiger partial charge in [0.1, 0.15) is 24.5 Å². The van der Waals surface area contributed by atoms with Crippen molar-refractivity contribution in [3.05, 3.63) is 84.3 Å². The lowest BCUT2D eigenvalue weighted by atomic mass is 10.2. The number of hydrogen-bond donors (Lipinski definition) is 1. The van der Waals surface area contributed by atoms with Crippen LogP contribution < -0.4 is 10.1 Å². The number of hydrogen-bond acceptors (Lipinski definition) is 5. The number of nitrogens with one attached hydrogen (secondary N) is 1. The molecule has 0 bridgehead atoms. The summed E-state index contributed by atoms with van der Waals surface area (Å²) in [6.45, 7) is 1.31. The Morgan fingerprint density at radius 1 is 1.03 bits per heavy atom. The summed E-state index contributed by atoms with van der Waals surface area (Å²) in [6.07, 6.45) is 3.52. The van der Waals surface area contributed by atoms with E-state index in [1.165, 1.54) is 0 Å². The zero-order chi connectivity index (χ0) is 20.8. The van der Waals surface area contributed by atoms with Crippen molar-refractivity contribution >= 4 is 16.9 Å². The molecule has 1 N–H and O–H groups in total. The first-order valence-electron chi connectivity index (χ1n) is 9.62. The number of methoxy groups -OCH3 is 1. The van der Waals surface area contributed by atoms with Crippen LogP contribution in [0.25, 0.3) is 16.9 Å². The Morgan fingerprint density at radius 2 is 1.93 bits per heavy atom. The van der Waals surface area contributed by atoms with Crippen LogP contribution >= 0.6 is 0 Å². The molecular weight excluding hydrogens is 380 g/mol. The number of ether oxygens (including phenoxy) is 2. The largest absolute Gasteiger partial charge is 0.491 e. The maximum Gasteiger partial charge on any atom is 0.251 e. The van der Waals surface area contributed by atoms with Crippen LogP contribution in [0.3, 0.4) is 0 Å². The van der Waals surface area contributed by atoms with Gasteiger partial charge in [-0.3, -0.25) is 9.36 Å². The Morgan fingerprint density at radius 3 is 2.77 bits per heavy atom. The highest BCUT2D eigenvalue weighted by Gasteiger charge is 2.08. The molecule has 7 nitrogen and oxygen atoms in total. The number of carbonyl (C=O) groups is 1. The van der Waals surface area contributed by atoms with E-state index in [-0.39, 0.29) is 5.91 Å². The molecule has 0 atom stereocenters. The SMILES string of the molecule is COCCOc1cccc(C(=O)NCc2ccc(-n3cnc4ccccc43)nc2)c1. The summed E-state index contributed by atoms with van der Waals surface area (Å²) in [5.74, 6) is 1.25. The summed E-state index contributed by atoms with van der Waals surface area (Å²) >= 11 is 0. The number of amides is 1. The van der Waals surface area contributed by atoms with Gasteiger partial charge in [-0.25, -0.2) is 9.97 Å². The van der Waals surface area contributed by atoms with E-state index in [1.807, 2.05) is 47.0 Å². The molecule has 2 aromatic heterocycles. The van der Waals surface area contributed by atoms with Crippen LogP contribution in [-0.4, -0.2) is 40.8 Å². The molecule has 2 aromatic carbocycles. The van der Waals surface area contributed by atoms with Crippen LogP contribution in [0.1, 0.15) is 15.9 Å². The number of benzene rings is 2. The average molecular weight is 402 g/mol. The van der Waals surface area contributed by atoms with Crippen molar-refractivity contribution in [2.24, 2.45) is 0 Å². The summed E-state index contributed by atoms with van der Waals surface area (Å²) in [6, 6.07) is 18.8. The molecule has 30 heavy (non-hydrogen) atoms. The molecule has 1 amide bonds. The van der Waals surface area contributed by atoms with E-state index in [4.69, 9.17) is 9.47 Å². The van der Waals surface area contributed by atoms with Gasteiger partial charge in [0, 0.05) is 25.4 Å². The van der Waals surface area contributed by atoms with Gasteiger partial charge in [-0.1, -0.05) is 24.3 Å². The average Bonchev–Trinajstić information content (AvgIpc) is 3.22. The van der Waals surface area contributed by atoms with E-state index < -0.39 is 0 Å². The lowest BCUT2D eigenvalue weighted by Gasteiger charge is -2.09. The monoisotopic (exact) mass is 402 g/mol. The van der Waals surface area contributed by atoms with Gasteiger partial charge in [0.25, 0.3) is 5.91 Å². The molecular formula is C23H22N4O3. The fourth-order valence-corrected chi connectivity index (χ4v) is 3.06. The zero-order valence-corrected chi connectivity index (χ0v) is 16.6. The Hall–Kier alpha value is -3.71. The lowest BCUT2D eigenvalue weighted by molar-refractivity contribution is 0.0950. The molecule has 0 spiro atoms. The first-order chi connectivity index (χ1) is 14.7. The highest BCUT2D eigenvalue weighted by molar-refractivity contribution is 5.94. The molecule has 0 unspecified atom stereocenters. The minimum absolute atomic E-state index is 0.170. The third kappa shape index (κ3) is 4.47. The van der Waals surface area contributed by atoms with Gasteiger partial charge in [-0.15, -0.1) is 0 Å². The van der Waals surface area contributed by atoms with Crippen molar-refractivity contribution in [3.63, 3.8) is 0 Å². The van der Waals surface area contributed by atoms with Crippen LogP contribution in [-0.2, 0) is 11.3 Å². The highest BCUT2D eigenvalue weighted by atomic mass is 16.5. The number of para-hydroxylation sites is 2. The molecule has 4 aromatic rings. The standard InChI is InChI=1S/C23H22N4O3/c1-29-11-12-30-19-6-4-5-18(13-19)23(28)25-15-17-9-10-22(24-14-17)27-16-26-20-7-2-3-8-21(20)27/h2-10,13-14,16H,11-12,15H2,1H3,(H,25,28). The Labute approximate surface area is 174 Å². The van der Waals surface area contributed by atoms with Gasteiger partial charge in [-0.2, -0.15) is 0 Å². The van der Waals surface area contributed by atoms with Crippen LogP contribution in [0.5, 0.6) is 5.75 Å². The third-order valence-electron chi connectivity index (χ3n) is 4.61. The molecule has 0 fully saturated rings. The predicted molar refractivity (Wildman–Crippen MR) is 114 cm³/mol. The van der Waals surface area contributed by atoms with Crippen LogP contribution in [0, 0.1) is 0 Å². The number of rotatable bonds is 8. The third-order valence-corrected chi connectivity index (χ3v) is 4.61. The Kier molecular flexibility index (Phi) is 6.01. The van der Waals surface area contributed by atoms with E-state index in [9.17, 15) is 4.79 Å². The second-order valence-electron chi connectivity index (χ2n) is 6.68. The van der Waals surface area contributed by atoms with E-state index in [0.29, 0.717) is 31.1 Å². The number of imidazole rings is 1. The summed E-state index contributed by atoms with van der Waals surface area (Å²) in [7, 11) is 1.62. The quantitative estimate of drug-likeness (QED) is 0.457. The van der Waals surface area contributed by atoms with Gasteiger partial charge in [-0.05, 0) is 42.0 Å². The first-order valence-corrected chi connectivity index (χ1v) is 9.62. The molecule has 0 saturated carbocycles. The topological polar surface area (TPSA) is 78.3 Å². The van der Waals surface area contributed by atoms with Crippen molar-refractivity contribution in [1.29, 1.82) is 0 Å². The fraction of sp³-hybridized carbons (Fsp3) is 0.174. The second kappa shape index (κ2) is 9.19. The maximum absolute atomic E-state index is 12.5. The van der Waals surface area contributed by atoms with Crippen molar-refractivity contribution in [1.82, 2.24) is 19.9 Å². The minimum atomic E-state index is -0.170. The van der Waals surface area contributed by atoms with Gasteiger partial charge in [0.05, 0.1) is 17.6 Å². The predicted octanol–water partition coefficient (Wildman–Crippen LogP) is 3.38. The number of pyridine rings is 1. The molecule has 4 rings (SSSR count). The zero-order valence-electron chi connectivity index (χ0n) is 16.6. The van der Waals surface area contributed by atoms with Gasteiger partial charge in [0.15, 0.2) is 0 Å². The number of fused-ring (bicyclic) bond motifs is 1. The van der Waals surface area contributed by atoms with E-state index >= 15 is 0 Å². The van der Waals surface area contributed by atoms with E-state index in [2.05, 4.69) is 15.3 Å². The summed E-state index contributed by atoms with van der Waals surface area (Å²) in [4.78, 5) is 21.4. The summed E-state index contributed by atoms with van der Waals surface area (Å²) < 4.78 is 12.5. The Bertz CT molecular complexity index is 1140. The molecule has 0 aliphatic heterocycles. The number of nitrogens with zero attached hydrogens (tertiary/aromatic N) is 3. The lowest BCUT2D eigenvalue weighted by Crippen LogP contribution is -2.23. The highest BCUT2D eigenvalue weighted by Crippen LogP contribution is 2.17. The number of carbonyl (C=O) groups excluding carboxylic acids is 1. The molecule has 0 saturated heterocycles. The van der Waals surface area contributed by atoms with Crippen molar-refractivity contribution in [2.75, 3.05) is 20.3 Å². The Balaban J connectivity index is 1.38. The van der Waals surface area contributed by atoms with Crippen LogP contribution in [0.4, 0.5) is 0 Å². The van der Waals surface area contributed by atoms with Gasteiger partial charge in [0.2, 0.25) is 0 Å². The normalized spacial score (nSPS) is 10.8. The fourth-order valence-electron chi connectivity index (χ4n) is 3.06. The molecule has 0 aliphatic carbocycles.